The highest BCUT2D eigenvalue weighted by atomic mass is 16.6. The van der Waals surface area contributed by atoms with Crippen LogP contribution in [0.4, 0.5) is 11.5 Å². The predicted octanol–water partition coefficient (Wildman–Crippen LogP) is 2.58. The minimum atomic E-state index is -0.350. The number of anilines is 1. The number of nitro groups is 1. The lowest BCUT2D eigenvalue weighted by Gasteiger charge is -2.32. The van der Waals surface area contributed by atoms with Gasteiger partial charge in [-0.25, -0.2) is 4.98 Å². The first kappa shape index (κ1) is 14.7. The molecule has 6 nitrogen and oxygen atoms in total. The van der Waals surface area contributed by atoms with Crippen molar-refractivity contribution in [1.82, 2.24) is 9.88 Å². The molecule has 0 aliphatic carbocycles. The average Bonchev–Trinajstić information content (AvgIpc) is 2.41. The molecule has 1 aromatic rings. The van der Waals surface area contributed by atoms with Crippen LogP contribution in [0, 0.1) is 17.0 Å². The van der Waals surface area contributed by atoms with E-state index in [0.717, 1.165) is 32.5 Å². The molecule has 1 aromatic heterocycles. The third-order valence-electron chi connectivity index (χ3n) is 3.78. The maximum absolute atomic E-state index is 11.1. The minimum absolute atomic E-state index is 0.100. The maximum atomic E-state index is 11.1. The fourth-order valence-electron chi connectivity index (χ4n) is 2.70. The third kappa shape index (κ3) is 3.45. The number of nitrogens with zero attached hydrogens (tertiary/aromatic N) is 3. The zero-order chi connectivity index (χ0) is 14.5. The number of nitrogens with one attached hydrogen (secondary N) is 1. The molecule has 1 N–H and O–H groups in total. The van der Waals surface area contributed by atoms with Gasteiger partial charge in [-0.2, -0.15) is 0 Å². The van der Waals surface area contributed by atoms with Crippen LogP contribution in [0.2, 0.25) is 0 Å². The Morgan fingerprint density at radius 2 is 2.20 bits per heavy atom. The van der Waals surface area contributed by atoms with E-state index < -0.39 is 0 Å². The van der Waals surface area contributed by atoms with Crippen LogP contribution in [0.15, 0.2) is 12.3 Å². The van der Waals surface area contributed by atoms with Gasteiger partial charge in [-0.15, -0.1) is 0 Å². The highest BCUT2D eigenvalue weighted by molar-refractivity contribution is 5.60. The zero-order valence-corrected chi connectivity index (χ0v) is 12.1. The number of aryl methyl sites for hydroxylation is 1. The van der Waals surface area contributed by atoms with Crippen molar-refractivity contribution in [3.63, 3.8) is 0 Å². The molecular formula is C14H22N4O2. The summed E-state index contributed by atoms with van der Waals surface area (Å²) in [7, 11) is 0. The maximum Gasteiger partial charge on any atom is 0.314 e. The summed E-state index contributed by atoms with van der Waals surface area (Å²) >= 11 is 0. The summed E-state index contributed by atoms with van der Waals surface area (Å²) in [6.07, 6.45) is 4.80. The molecule has 0 amide bonds. The molecule has 20 heavy (non-hydrogen) atoms. The molecule has 0 unspecified atom stereocenters. The lowest BCUT2D eigenvalue weighted by atomic mass is 10.0. The topological polar surface area (TPSA) is 71.3 Å². The smallest absolute Gasteiger partial charge is 0.314 e. The zero-order valence-electron chi connectivity index (χ0n) is 12.1. The quantitative estimate of drug-likeness (QED) is 0.662. The Balaban J connectivity index is 2.01. The van der Waals surface area contributed by atoms with Crippen LogP contribution in [-0.4, -0.2) is 40.5 Å². The van der Waals surface area contributed by atoms with Gasteiger partial charge in [0.2, 0.25) is 5.82 Å². The van der Waals surface area contributed by atoms with Crippen molar-refractivity contribution in [3.8, 4) is 0 Å². The fourth-order valence-corrected chi connectivity index (χ4v) is 2.70. The standard InChI is InChI=1S/C14H22N4O2/c1-3-8-17-9-5-12(6-10-17)16-14-13(18(19)20)11(2)4-7-15-14/h4,7,12H,3,5-6,8-10H2,1-2H3,(H,15,16). The molecule has 6 heteroatoms. The SMILES string of the molecule is CCCN1CCC(Nc2nccc(C)c2[N+](=O)[O-])CC1. The van der Waals surface area contributed by atoms with E-state index in [4.69, 9.17) is 0 Å². The van der Waals surface area contributed by atoms with Gasteiger partial charge in [0, 0.05) is 30.9 Å². The van der Waals surface area contributed by atoms with Crippen molar-refractivity contribution < 1.29 is 4.92 Å². The van der Waals surface area contributed by atoms with Crippen LogP contribution < -0.4 is 5.32 Å². The van der Waals surface area contributed by atoms with E-state index in [2.05, 4.69) is 22.1 Å². The highest BCUT2D eigenvalue weighted by Crippen LogP contribution is 2.27. The summed E-state index contributed by atoms with van der Waals surface area (Å²) in [5.41, 5.74) is 0.749. The summed E-state index contributed by atoms with van der Waals surface area (Å²) in [5, 5.41) is 14.4. The van der Waals surface area contributed by atoms with Crippen LogP contribution in [-0.2, 0) is 0 Å². The molecule has 1 fully saturated rings. The van der Waals surface area contributed by atoms with E-state index in [1.165, 1.54) is 6.42 Å². The minimum Gasteiger partial charge on any atom is -0.362 e. The van der Waals surface area contributed by atoms with Crippen LogP contribution >= 0.6 is 0 Å². The lowest BCUT2D eigenvalue weighted by Crippen LogP contribution is -2.39. The number of hydrogen-bond donors (Lipinski definition) is 1. The Morgan fingerprint density at radius 1 is 1.50 bits per heavy atom. The van der Waals surface area contributed by atoms with E-state index >= 15 is 0 Å². The molecule has 1 saturated heterocycles. The Labute approximate surface area is 119 Å². The van der Waals surface area contributed by atoms with Gasteiger partial charge in [0.05, 0.1) is 4.92 Å². The molecule has 0 radical (unpaired) electrons. The Morgan fingerprint density at radius 3 is 2.80 bits per heavy atom. The second-order valence-corrected chi connectivity index (χ2v) is 5.34. The monoisotopic (exact) mass is 278 g/mol. The van der Waals surface area contributed by atoms with Crippen molar-refractivity contribution in [2.75, 3.05) is 25.0 Å². The van der Waals surface area contributed by atoms with Crippen LogP contribution in [0.25, 0.3) is 0 Å². The van der Waals surface area contributed by atoms with Gasteiger partial charge in [-0.1, -0.05) is 6.92 Å². The molecule has 1 aliphatic rings. The van der Waals surface area contributed by atoms with Gasteiger partial charge in [-0.05, 0) is 38.8 Å². The van der Waals surface area contributed by atoms with Crippen molar-refractivity contribution in [2.45, 2.75) is 39.2 Å². The summed E-state index contributed by atoms with van der Waals surface area (Å²) in [6, 6.07) is 1.95. The highest BCUT2D eigenvalue weighted by Gasteiger charge is 2.23. The number of aromatic nitrogens is 1. The normalized spacial score (nSPS) is 17.1. The molecule has 0 aromatic carbocycles. The Hall–Kier alpha value is -1.69. The number of rotatable bonds is 5. The summed E-state index contributed by atoms with van der Waals surface area (Å²) < 4.78 is 0. The van der Waals surface area contributed by atoms with E-state index in [-0.39, 0.29) is 16.7 Å². The average molecular weight is 278 g/mol. The van der Waals surface area contributed by atoms with E-state index in [9.17, 15) is 10.1 Å². The summed E-state index contributed by atoms with van der Waals surface area (Å²) in [4.78, 5) is 17.4. The fraction of sp³-hybridized carbons (Fsp3) is 0.643. The van der Waals surface area contributed by atoms with Gasteiger partial charge < -0.3 is 10.2 Å². The lowest BCUT2D eigenvalue weighted by molar-refractivity contribution is -0.384. The first-order valence-electron chi connectivity index (χ1n) is 7.20. The molecule has 110 valence electrons. The largest absolute Gasteiger partial charge is 0.362 e. The molecule has 0 bridgehead atoms. The van der Waals surface area contributed by atoms with Gasteiger partial charge in [0.15, 0.2) is 0 Å². The first-order valence-corrected chi connectivity index (χ1v) is 7.20. The van der Waals surface area contributed by atoms with Gasteiger partial charge in [-0.3, -0.25) is 10.1 Å². The predicted molar refractivity (Wildman–Crippen MR) is 79.0 cm³/mol. The van der Waals surface area contributed by atoms with E-state index in [1.54, 1.807) is 19.2 Å². The number of likely N-dealkylation sites (tertiary alicyclic amines) is 1. The Kier molecular flexibility index (Phi) is 4.89. The number of hydrogen-bond acceptors (Lipinski definition) is 5. The molecule has 1 aliphatic heterocycles. The van der Waals surface area contributed by atoms with Crippen LogP contribution in [0.1, 0.15) is 31.7 Å². The van der Waals surface area contributed by atoms with Crippen molar-refractivity contribution in [2.24, 2.45) is 0 Å². The van der Waals surface area contributed by atoms with Crippen molar-refractivity contribution in [3.05, 3.63) is 27.9 Å². The van der Waals surface area contributed by atoms with Gasteiger partial charge in [0.25, 0.3) is 0 Å². The second kappa shape index (κ2) is 6.65. The van der Waals surface area contributed by atoms with E-state index in [1.807, 2.05) is 0 Å². The molecule has 2 rings (SSSR count). The molecule has 0 spiro atoms. The molecular weight excluding hydrogens is 256 g/mol. The second-order valence-electron chi connectivity index (χ2n) is 5.34. The van der Waals surface area contributed by atoms with Crippen molar-refractivity contribution >= 4 is 11.5 Å². The molecule has 2 heterocycles. The number of piperidine rings is 1. The van der Waals surface area contributed by atoms with E-state index in [0.29, 0.717) is 11.4 Å². The van der Waals surface area contributed by atoms with Crippen LogP contribution in [0.3, 0.4) is 0 Å². The third-order valence-corrected chi connectivity index (χ3v) is 3.78. The van der Waals surface area contributed by atoms with Crippen molar-refractivity contribution in [1.29, 1.82) is 0 Å². The van der Waals surface area contributed by atoms with Crippen LogP contribution in [0.5, 0.6) is 0 Å². The molecule has 0 atom stereocenters. The summed E-state index contributed by atoms with van der Waals surface area (Å²) in [6.45, 7) is 7.16. The Bertz CT molecular complexity index is 470. The number of pyridine rings is 1. The first-order chi connectivity index (χ1) is 9.61. The molecule has 0 saturated carbocycles. The van der Waals surface area contributed by atoms with Gasteiger partial charge in [0.1, 0.15) is 0 Å². The van der Waals surface area contributed by atoms with Gasteiger partial charge >= 0.3 is 5.69 Å². The summed E-state index contributed by atoms with van der Waals surface area (Å²) in [5.74, 6) is 0.406.